The van der Waals surface area contributed by atoms with Gasteiger partial charge >= 0.3 is 0 Å². The molecule has 0 saturated heterocycles. The van der Waals surface area contributed by atoms with Gasteiger partial charge in [-0.1, -0.05) is 11.8 Å². The molecule has 0 aliphatic carbocycles. The summed E-state index contributed by atoms with van der Waals surface area (Å²) in [5, 5.41) is 15.4. The minimum atomic E-state index is 0.0538. The molecule has 0 unspecified atom stereocenters. The fourth-order valence-electron chi connectivity index (χ4n) is 0.681. The molecule has 6 nitrogen and oxygen atoms in total. The number of aromatic amines is 1. The van der Waals surface area contributed by atoms with E-state index in [9.17, 15) is 0 Å². The Labute approximate surface area is 79.9 Å². The number of rotatable bonds is 6. The van der Waals surface area contributed by atoms with Crippen LogP contribution < -0.4 is 5.73 Å². The van der Waals surface area contributed by atoms with Crippen molar-refractivity contribution in [3.63, 3.8) is 0 Å². The van der Waals surface area contributed by atoms with Gasteiger partial charge in [0.15, 0.2) is 0 Å². The molecular weight excluding hydrogens is 192 g/mol. The monoisotopic (exact) mass is 204 g/mol. The summed E-state index contributed by atoms with van der Waals surface area (Å²) in [6, 6.07) is 0. The summed E-state index contributed by atoms with van der Waals surface area (Å²) in [4.78, 5) is 3.90. The third-order valence-corrected chi connectivity index (χ3v) is 1.99. The molecule has 7 heteroatoms. The van der Waals surface area contributed by atoms with Gasteiger partial charge in [-0.25, -0.2) is 5.10 Å². The van der Waals surface area contributed by atoms with Crippen LogP contribution >= 0.6 is 11.8 Å². The van der Waals surface area contributed by atoms with E-state index in [2.05, 4.69) is 15.2 Å². The van der Waals surface area contributed by atoms with Gasteiger partial charge in [0.25, 0.3) is 0 Å². The smallest absolute Gasteiger partial charge is 0.216 e. The predicted octanol–water partition coefficient (Wildman–Crippen LogP) is -0.512. The number of nitrogens with zero attached hydrogens (tertiary/aromatic N) is 2. The van der Waals surface area contributed by atoms with E-state index in [1.54, 1.807) is 0 Å². The second kappa shape index (κ2) is 5.79. The van der Waals surface area contributed by atoms with E-state index in [4.69, 9.17) is 15.6 Å². The van der Waals surface area contributed by atoms with Crippen molar-refractivity contribution in [1.29, 1.82) is 0 Å². The molecule has 0 amide bonds. The molecule has 1 aromatic heterocycles. The highest BCUT2D eigenvalue weighted by Gasteiger charge is 1.99. The third kappa shape index (κ3) is 4.11. The minimum absolute atomic E-state index is 0.0538. The van der Waals surface area contributed by atoms with E-state index in [1.165, 1.54) is 11.8 Å². The van der Waals surface area contributed by atoms with Gasteiger partial charge < -0.3 is 15.6 Å². The van der Waals surface area contributed by atoms with Gasteiger partial charge in [0.2, 0.25) is 11.1 Å². The maximum absolute atomic E-state index is 8.41. The second-order valence-electron chi connectivity index (χ2n) is 2.19. The first-order valence-electron chi connectivity index (χ1n) is 3.82. The highest BCUT2D eigenvalue weighted by molar-refractivity contribution is 7.99. The van der Waals surface area contributed by atoms with Crippen LogP contribution in [0.3, 0.4) is 0 Å². The lowest BCUT2D eigenvalue weighted by Gasteiger charge is -1.98. The van der Waals surface area contributed by atoms with Gasteiger partial charge in [-0.15, -0.1) is 5.10 Å². The van der Waals surface area contributed by atoms with Crippen LogP contribution in [0, 0.1) is 0 Å². The minimum Gasteiger partial charge on any atom is -0.394 e. The van der Waals surface area contributed by atoms with E-state index in [0.717, 1.165) is 5.75 Å². The molecule has 1 rings (SSSR count). The molecule has 0 spiro atoms. The van der Waals surface area contributed by atoms with Crippen LogP contribution in [-0.4, -0.2) is 45.9 Å². The van der Waals surface area contributed by atoms with Gasteiger partial charge in [-0.2, -0.15) is 4.98 Å². The largest absolute Gasteiger partial charge is 0.394 e. The van der Waals surface area contributed by atoms with Crippen LogP contribution in [0.25, 0.3) is 0 Å². The van der Waals surface area contributed by atoms with E-state index < -0.39 is 0 Å². The Morgan fingerprint density at radius 2 is 2.38 bits per heavy atom. The van der Waals surface area contributed by atoms with Crippen LogP contribution in [0.1, 0.15) is 0 Å². The standard InChI is InChI=1S/C6H12N4O2S/c7-5-8-6(10-9-5)13-4-3-12-2-1-11/h11H,1-4H2,(H3,7,8,9,10). The van der Waals surface area contributed by atoms with E-state index in [1.807, 2.05) is 0 Å². The summed E-state index contributed by atoms with van der Waals surface area (Å²) in [5.41, 5.74) is 5.32. The van der Waals surface area contributed by atoms with Gasteiger partial charge in [0.1, 0.15) is 0 Å². The van der Waals surface area contributed by atoms with Crippen molar-refractivity contribution in [2.24, 2.45) is 0 Å². The SMILES string of the molecule is Nc1nc(SCCOCCO)n[nH]1. The molecule has 0 saturated carbocycles. The lowest BCUT2D eigenvalue weighted by molar-refractivity contribution is 0.103. The molecule has 0 aliphatic heterocycles. The van der Waals surface area contributed by atoms with Crippen molar-refractivity contribution in [3.8, 4) is 0 Å². The zero-order valence-corrected chi connectivity index (χ0v) is 7.88. The van der Waals surface area contributed by atoms with Crippen molar-refractivity contribution in [3.05, 3.63) is 0 Å². The Morgan fingerprint density at radius 3 is 3.00 bits per heavy atom. The number of nitrogens with two attached hydrogens (primary N) is 1. The highest BCUT2D eigenvalue weighted by atomic mass is 32.2. The Hall–Kier alpha value is -0.790. The zero-order chi connectivity index (χ0) is 9.52. The van der Waals surface area contributed by atoms with E-state index >= 15 is 0 Å². The van der Waals surface area contributed by atoms with Gasteiger partial charge in [0, 0.05) is 5.75 Å². The van der Waals surface area contributed by atoms with Crippen molar-refractivity contribution >= 4 is 17.7 Å². The van der Waals surface area contributed by atoms with Crippen molar-refractivity contribution in [2.45, 2.75) is 5.16 Å². The molecule has 74 valence electrons. The van der Waals surface area contributed by atoms with Gasteiger partial charge in [0.05, 0.1) is 19.8 Å². The molecule has 0 aliphatic rings. The topological polar surface area (TPSA) is 97.1 Å². The molecule has 0 radical (unpaired) electrons. The molecule has 1 heterocycles. The number of hydrogen-bond acceptors (Lipinski definition) is 6. The summed E-state index contributed by atoms with van der Waals surface area (Å²) in [7, 11) is 0. The average Bonchev–Trinajstić information content (AvgIpc) is 2.51. The number of aliphatic hydroxyl groups is 1. The highest BCUT2D eigenvalue weighted by Crippen LogP contribution is 2.11. The van der Waals surface area contributed by atoms with Crippen LogP contribution in [0.15, 0.2) is 5.16 Å². The molecule has 0 bridgehead atoms. The molecule has 13 heavy (non-hydrogen) atoms. The van der Waals surface area contributed by atoms with Crippen LogP contribution in [-0.2, 0) is 4.74 Å². The summed E-state index contributed by atoms with van der Waals surface area (Å²) in [5.74, 6) is 1.07. The Morgan fingerprint density at radius 1 is 1.54 bits per heavy atom. The lowest BCUT2D eigenvalue weighted by atomic mass is 10.7. The first kappa shape index (κ1) is 10.3. The molecule has 0 atom stereocenters. The molecule has 4 N–H and O–H groups in total. The number of hydrogen-bond donors (Lipinski definition) is 3. The van der Waals surface area contributed by atoms with Crippen LogP contribution in [0.5, 0.6) is 0 Å². The zero-order valence-electron chi connectivity index (χ0n) is 7.06. The number of ether oxygens (including phenoxy) is 1. The quantitative estimate of drug-likeness (QED) is 0.426. The maximum atomic E-state index is 8.41. The first-order chi connectivity index (χ1) is 6.33. The Balaban J connectivity index is 2.06. The van der Waals surface area contributed by atoms with Crippen LogP contribution in [0.2, 0.25) is 0 Å². The molecule has 1 aromatic rings. The number of anilines is 1. The van der Waals surface area contributed by atoms with Gasteiger partial charge in [-0.3, -0.25) is 0 Å². The third-order valence-electron chi connectivity index (χ3n) is 1.18. The lowest BCUT2D eigenvalue weighted by Crippen LogP contribution is -2.02. The summed E-state index contributed by atoms with van der Waals surface area (Å²) in [6.07, 6.45) is 0. The summed E-state index contributed by atoms with van der Waals surface area (Å²) in [6.45, 7) is 0.995. The number of nitrogen functional groups attached to an aromatic ring is 1. The van der Waals surface area contributed by atoms with E-state index in [0.29, 0.717) is 24.3 Å². The van der Waals surface area contributed by atoms with Crippen LogP contribution in [0.4, 0.5) is 5.95 Å². The summed E-state index contributed by atoms with van der Waals surface area (Å²) < 4.78 is 5.04. The van der Waals surface area contributed by atoms with Crippen molar-refractivity contribution < 1.29 is 9.84 Å². The number of aromatic nitrogens is 3. The molecule has 0 aromatic carbocycles. The fourth-order valence-corrected chi connectivity index (χ4v) is 1.34. The van der Waals surface area contributed by atoms with E-state index in [-0.39, 0.29) is 6.61 Å². The average molecular weight is 204 g/mol. The molecule has 0 fully saturated rings. The number of H-pyrrole nitrogens is 1. The van der Waals surface area contributed by atoms with Crippen molar-refractivity contribution in [2.75, 3.05) is 31.3 Å². The Kier molecular flexibility index (Phi) is 4.58. The molecular formula is C6H12N4O2S. The Bertz CT molecular complexity index is 242. The predicted molar refractivity (Wildman–Crippen MR) is 49.4 cm³/mol. The summed E-state index contributed by atoms with van der Waals surface area (Å²) >= 11 is 1.45. The number of thioether (sulfide) groups is 1. The normalized spacial score (nSPS) is 10.5. The second-order valence-corrected chi connectivity index (χ2v) is 3.25. The fraction of sp³-hybridized carbons (Fsp3) is 0.667. The maximum Gasteiger partial charge on any atom is 0.216 e. The first-order valence-corrected chi connectivity index (χ1v) is 4.81. The number of aliphatic hydroxyl groups excluding tert-OH is 1. The number of nitrogens with one attached hydrogen (secondary N) is 1. The van der Waals surface area contributed by atoms with Crippen molar-refractivity contribution in [1.82, 2.24) is 15.2 Å². The van der Waals surface area contributed by atoms with Gasteiger partial charge in [-0.05, 0) is 0 Å².